The summed E-state index contributed by atoms with van der Waals surface area (Å²) in [4.78, 5) is 13.6. The number of hydrogen-bond acceptors (Lipinski definition) is 1. The average molecular weight is 543 g/mol. The van der Waals surface area contributed by atoms with Gasteiger partial charge in [-0.3, -0.25) is 4.79 Å². The Morgan fingerprint density at radius 2 is 0.975 bits per heavy atom. The summed E-state index contributed by atoms with van der Waals surface area (Å²) in [5.74, 6) is 2.36. The van der Waals surface area contributed by atoms with Crippen LogP contribution in [0.1, 0.15) is 188 Å². The molecule has 1 nitrogen and oxygen atoms in total. The molecule has 0 N–H and O–H groups in total. The monoisotopic (exact) mass is 542 g/mol. The van der Waals surface area contributed by atoms with Crippen LogP contribution >= 0.6 is 0 Å². The Hall–Kier alpha value is -1.89. The molecular weight excluding hydrogens is 484 g/mol. The maximum absolute atomic E-state index is 13.6. The average Bonchev–Trinajstić information content (AvgIpc) is 3.33. The van der Waals surface area contributed by atoms with E-state index in [4.69, 9.17) is 0 Å². The first-order valence-corrected chi connectivity index (χ1v) is 16.5. The molecule has 0 spiro atoms. The molecule has 0 saturated carbocycles. The van der Waals surface area contributed by atoms with E-state index in [2.05, 4.69) is 95.2 Å². The molecule has 2 aliphatic carbocycles. The molecule has 2 aromatic rings. The van der Waals surface area contributed by atoms with Gasteiger partial charge in [-0.1, -0.05) is 95.2 Å². The van der Waals surface area contributed by atoms with E-state index in [0.29, 0.717) is 42.3 Å². The van der Waals surface area contributed by atoms with Gasteiger partial charge in [0.25, 0.3) is 0 Å². The predicted octanol–water partition coefficient (Wildman–Crippen LogP) is 10.8. The van der Waals surface area contributed by atoms with Crippen molar-refractivity contribution in [3.05, 3.63) is 67.8 Å². The van der Waals surface area contributed by atoms with Crippen molar-refractivity contribution in [1.29, 1.82) is 0 Å². The van der Waals surface area contributed by atoms with E-state index < -0.39 is 0 Å². The second-order valence-corrected chi connectivity index (χ2v) is 15.7. The topological polar surface area (TPSA) is 17.1 Å². The van der Waals surface area contributed by atoms with E-state index in [-0.39, 0.29) is 10.8 Å². The van der Waals surface area contributed by atoms with Crippen LogP contribution in [-0.4, -0.2) is 5.78 Å². The van der Waals surface area contributed by atoms with Gasteiger partial charge in [0.1, 0.15) is 5.78 Å². The molecule has 0 bridgehead atoms. The van der Waals surface area contributed by atoms with Gasteiger partial charge in [-0.25, -0.2) is 0 Å². The first-order valence-electron chi connectivity index (χ1n) is 16.5. The Morgan fingerprint density at radius 1 is 0.625 bits per heavy atom. The van der Waals surface area contributed by atoms with E-state index in [1.807, 2.05) is 0 Å². The molecule has 40 heavy (non-hydrogen) atoms. The fraction of sp³-hybridized carbons (Fsp3) is 0.667. The molecule has 0 radical (unpaired) electrons. The molecule has 4 rings (SSSR count). The van der Waals surface area contributed by atoms with Crippen molar-refractivity contribution in [3.8, 4) is 0 Å². The van der Waals surface area contributed by atoms with Crippen molar-refractivity contribution in [2.75, 3.05) is 0 Å². The number of hydrogen-bond donors (Lipinski definition) is 0. The highest BCUT2D eigenvalue weighted by atomic mass is 16.1. The lowest BCUT2D eigenvalue weighted by Gasteiger charge is -2.27. The molecule has 1 heteroatoms. The molecular formula is C39H58O. The number of carbonyl (C=O) groups excluding carboxylic acids is 1. The van der Waals surface area contributed by atoms with Crippen molar-refractivity contribution < 1.29 is 4.79 Å². The Morgan fingerprint density at radius 3 is 1.27 bits per heavy atom. The van der Waals surface area contributed by atoms with Gasteiger partial charge in [-0.2, -0.15) is 0 Å². The van der Waals surface area contributed by atoms with Crippen molar-refractivity contribution in [3.63, 3.8) is 0 Å². The highest BCUT2D eigenvalue weighted by Crippen LogP contribution is 2.47. The predicted molar refractivity (Wildman–Crippen MR) is 174 cm³/mol. The van der Waals surface area contributed by atoms with E-state index >= 15 is 0 Å². The van der Waals surface area contributed by atoms with Crippen molar-refractivity contribution in [1.82, 2.24) is 0 Å². The molecule has 0 aliphatic heterocycles. The fourth-order valence-corrected chi connectivity index (χ4v) is 8.15. The summed E-state index contributed by atoms with van der Waals surface area (Å²) in [7, 11) is 0. The number of rotatable bonds is 10. The smallest absolute Gasteiger partial charge is 0.133 e. The van der Waals surface area contributed by atoms with Crippen LogP contribution < -0.4 is 0 Å². The van der Waals surface area contributed by atoms with E-state index in [0.717, 1.165) is 12.8 Å². The number of benzene rings is 2. The molecule has 0 heterocycles. The second-order valence-electron chi connectivity index (χ2n) is 15.7. The minimum absolute atomic E-state index is 0.254. The summed E-state index contributed by atoms with van der Waals surface area (Å²) in [5, 5.41) is 0. The highest BCUT2D eigenvalue weighted by molar-refractivity contribution is 5.79. The third-order valence-corrected chi connectivity index (χ3v) is 10.4. The number of carbonyl (C=O) groups is 1. The number of ketones is 1. The first-order chi connectivity index (χ1) is 18.6. The van der Waals surface area contributed by atoms with Crippen LogP contribution in [0.2, 0.25) is 0 Å². The maximum Gasteiger partial charge on any atom is 0.133 e. The van der Waals surface area contributed by atoms with Crippen molar-refractivity contribution in [2.45, 2.75) is 169 Å². The van der Waals surface area contributed by atoms with Gasteiger partial charge in [0, 0.05) is 12.8 Å². The minimum atomic E-state index is 0.254. The molecule has 2 aliphatic rings. The zero-order valence-electron chi connectivity index (χ0n) is 28.0. The van der Waals surface area contributed by atoms with Crippen LogP contribution in [0, 0.1) is 0 Å². The Balaban J connectivity index is 1.61. The maximum atomic E-state index is 13.6. The summed E-state index contributed by atoms with van der Waals surface area (Å²) < 4.78 is 0. The van der Waals surface area contributed by atoms with Crippen LogP contribution in [0.3, 0.4) is 0 Å². The van der Waals surface area contributed by atoms with Crippen molar-refractivity contribution in [2.24, 2.45) is 0 Å². The van der Waals surface area contributed by atoms with Crippen LogP contribution in [0.25, 0.3) is 0 Å². The zero-order chi connectivity index (χ0) is 29.7. The lowest BCUT2D eigenvalue weighted by Crippen LogP contribution is -2.16. The van der Waals surface area contributed by atoms with Gasteiger partial charge in [0.2, 0.25) is 0 Å². The van der Waals surface area contributed by atoms with Gasteiger partial charge >= 0.3 is 0 Å². The van der Waals surface area contributed by atoms with E-state index in [1.165, 1.54) is 47.9 Å². The molecule has 0 saturated heterocycles. The number of fused-ring (bicyclic) bond motifs is 2. The minimum Gasteiger partial charge on any atom is -0.300 e. The summed E-state index contributed by atoms with van der Waals surface area (Å²) >= 11 is 0. The standard InChI is InChI=1S/C39H58O/c1-23(2)32-21-34-30(17-19-38(34,9)10)36(25(5)6)28(32)15-13-27(40)14-16-29-33(24(3)4)22-35-31(37(29)26(7)8)18-20-39(35,11)12/h21-26H,13-20H2,1-12H3. The lowest BCUT2D eigenvalue weighted by molar-refractivity contribution is -0.119. The van der Waals surface area contributed by atoms with Crippen LogP contribution in [0.5, 0.6) is 0 Å². The molecule has 2 aromatic carbocycles. The zero-order valence-corrected chi connectivity index (χ0v) is 28.0. The quantitative estimate of drug-likeness (QED) is 0.292. The van der Waals surface area contributed by atoms with E-state index in [1.54, 1.807) is 33.4 Å². The summed E-state index contributed by atoms with van der Waals surface area (Å²) in [5.41, 5.74) is 15.9. The Labute approximate surface area is 246 Å². The van der Waals surface area contributed by atoms with Crippen LogP contribution in [-0.2, 0) is 41.3 Å². The Kier molecular flexibility index (Phi) is 8.86. The van der Waals surface area contributed by atoms with E-state index in [9.17, 15) is 4.79 Å². The SMILES string of the molecule is CC(C)c1cc2c(c(C(C)C)c1CCC(=O)CCc1c(C(C)C)cc3c(c1C(C)C)CCC3(C)C)CCC2(C)C. The van der Waals surface area contributed by atoms with Crippen LogP contribution in [0.4, 0.5) is 0 Å². The molecule has 0 fully saturated rings. The summed E-state index contributed by atoms with van der Waals surface area (Å²) in [6.45, 7) is 28.4. The molecule has 0 unspecified atom stereocenters. The summed E-state index contributed by atoms with van der Waals surface area (Å²) in [6.07, 6.45) is 7.92. The third kappa shape index (κ3) is 5.73. The highest BCUT2D eigenvalue weighted by Gasteiger charge is 2.36. The van der Waals surface area contributed by atoms with Gasteiger partial charge in [0.05, 0.1) is 0 Å². The van der Waals surface area contributed by atoms with Crippen LogP contribution in [0.15, 0.2) is 12.1 Å². The fourth-order valence-electron chi connectivity index (χ4n) is 8.15. The molecule has 0 amide bonds. The van der Waals surface area contributed by atoms with Crippen molar-refractivity contribution >= 4 is 5.78 Å². The second kappa shape index (κ2) is 11.4. The lowest BCUT2D eigenvalue weighted by atomic mass is 9.77. The van der Waals surface area contributed by atoms with Gasteiger partial charge < -0.3 is 0 Å². The third-order valence-electron chi connectivity index (χ3n) is 10.4. The largest absolute Gasteiger partial charge is 0.300 e. The first kappa shape index (κ1) is 31.1. The Bertz CT molecular complexity index is 1170. The van der Waals surface area contributed by atoms with Gasteiger partial charge in [-0.15, -0.1) is 0 Å². The molecule has 220 valence electrons. The van der Waals surface area contributed by atoms with Gasteiger partial charge in [-0.05, 0) is 129 Å². The number of Topliss-reactive ketones (excluding diaryl/α,β-unsaturated/α-hetero) is 1. The summed E-state index contributed by atoms with van der Waals surface area (Å²) in [6, 6.07) is 5.04. The molecule has 0 aromatic heterocycles. The van der Waals surface area contributed by atoms with Gasteiger partial charge in [0.15, 0.2) is 0 Å². The molecule has 0 atom stereocenters. The normalized spacial score (nSPS) is 17.4.